The molecule has 0 fully saturated rings. The fourth-order valence-electron chi connectivity index (χ4n) is 2.32. The van der Waals surface area contributed by atoms with Crippen molar-refractivity contribution in [3.8, 4) is 11.4 Å². The van der Waals surface area contributed by atoms with Gasteiger partial charge in [-0.2, -0.15) is 4.98 Å². The van der Waals surface area contributed by atoms with E-state index >= 15 is 0 Å². The SMILES string of the molecule is NC(=O)C(Cc1ccccc1)Nc1ncnc(-c2ccccc2)n1. The predicted molar refractivity (Wildman–Crippen MR) is 92.0 cm³/mol. The smallest absolute Gasteiger partial charge is 0.240 e. The van der Waals surface area contributed by atoms with Crippen molar-refractivity contribution >= 4 is 11.9 Å². The average molecular weight is 319 g/mol. The number of anilines is 1. The van der Waals surface area contributed by atoms with Crippen LogP contribution in [-0.2, 0) is 11.2 Å². The van der Waals surface area contributed by atoms with Crippen LogP contribution < -0.4 is 11.1 Å². The number of amides is 1. The number of carbonyl (C=O) groups is 1. The molecular formula is C18H17N5O. The lowest BCUT2D eigenvalue weighted by Crippen LogP contribution is -2.37. The number of primary amides is 1. The fourth-order valence-corrected chi connectivity index (χ4v) is 2.32. The van der Waals surface area contributed by atoms with Crippen LogP contribution in [0.4, 0.5) is 5.95 Å². The number of hydrogen-bond donors (Lipinski definition) is 2. The predicted octanol–water partition coefficient (Wildman–Crippen LogP) is 2.05. The van der Waals surface area contributed by atoms with Crippen LogP contribution in [0.3, 0.4) is 0 Å². The number of carbonyl (C=O) groups excluding carboxylic acids is 1. The number of benzene rings is 2. The van der Waals surface area contributed by atoms with Gasteiger partial charge in [0.25, 0.3) is 0 Å². The molecule has 1 heterocycles. The molecule has 0 aliphatic heterocycles. The normalized spacial score (nSPS) is 11.7. The van der Waals surface area contributed by atoms with Crippen LogP contribution in [0.1, 0.15) is 5.56 Å². The Morgan fingerprint density at radius 1 is 1.00 bits per heavy atom. The number of aromatic nitrogens is 3. The molecule has 0 bridgehead atoms. The van der Waals surface area contributed by atoms with Gasteiger partial charge in [-0.05, 0) is 5.56 Å². The molecule has 0 radical (unpaired) electrons. The van der Waals surface area contributed by atoms with E-state index < -0.39 is 11.9 Å². The Morgan fingerprint density at radius 2 is 1.67 bits per heavy atom. The van der Waals surface area contributed by atoms with Crippen LogP contribution in [0.25, 0.3) is 11.4 Å². The molecule has 3 N–H and O–H groups in total. The lowest BCUT2D eigenvalue weighted by Gasteiger charge is -2.15. The lowest BCUT2D eigenvalue weighted by molar-refractivity contribution is -0.118. The Morgan fingerprint density at radius 3 is 2.33 bits per heavy atom. The molecule has 24 heavy (non-hydrogen) atoms. The summed E-state index contributed by atoms with van der Waals surface area (Å²) in [5.41, 5.74) is 7.39. The average Bonchev–Trinajstić information content (AvgIpc) is 2.63. The van der Waals surface area contributed by atoms with E-state index in [2.05, 4.69) is 20.3 Å². The highest BCUT2D eigenvalue weighted by Gasteiger charge is 2.17. The second-order valence-electron chi connectivity index (χ2n) is 5.29. The van der Waals surface area contributed by atoms with Gasteiger partial charge in [-0.3, -0.25) is 4.79 Å². The maximum atomic E-state index is 11.8. The standard InChI is InChI=1S/C18H17N5O/c19-16(24)15(11-13-7-3-1-4-8-13)22-18-21-12-20-17(23-18)14-9-5-2-6-10-14/h1-10,12,15H,11H2,(H2,19,24)(H,20,21,22,23). The van der Waals surface area contributed by atoms with Crippen molar-refractivity contribution in [1.29, 1.82) is 0 Å². The minimum absolute atomic E-state index is 0.323. The third-order valence-electron chi connectivity index (χ3n) is 3.53. The first-order valence-corrected chi connectivity index (χ1v) is 7.56. The first-order valence-electron chi connectivity index (χ1n) is 7.56. The summed E-state index contributed by atoms with van der Waals surface area (Å²) in [4.78, 5) is 24.4. The fraction of sp³-hybridized carbons (Fsp3) is 0.111. The van der Waals surface area contributed by atoms with Gasteiger partial charge in [0.1, 0.15) is 12.4 Å². The summed E-state index contributed by atoms with van der Waals surface area (Å²) in [6, 6.07) is 18.6. The zero-order valence-electron chi connectivity index (χ0n) is 13.0. The van der Waals surface area contributed by atoms with Gasteiger partial charge >= 0.3 is 0 Å². The van der Waals surface area contributed by atoms with E-state index in [0.29, 0.717) is 18.2 Å². The van der Waals surface area contributed by atoms with Gasteiger partial charge in [0.2, 0.25) is 11.9 Å². The summed E-state index contributed by atoms with van der Waals surface area (Å²) in [5.74, 6) is 0.403. The molecule has 6 heteroatoms. The van der Waals surface area contributed by atoms with E-state index in [4.69, 9.17) is 5.73 Å². The topological polar surface area (TPSA) is 93.8 Å². The molecule has 0 saturated carbocycles. The zero-order valence-corrected chi connectivity index (χ0v) is 13.0. The largest absolute Gasteiger partial charge is 0.368 e. The highest BCUT2D eigenvalue weighted by Crippen LogP contribution is 2.15. The zero-order chi connectivity index (χ0) is 16.8. The molecule has 6 nitrogen and oxygen atoms in total. The molecule has 2 aromatic carbocycles. The first kappa shape index (κ1) is 15.6. The number of nitrogens with zero attached hydrogens (tertiary/aromatic N) is 3. The summed E-state index contributed by atoms with van der Waals surface area (Å²) in [7, 11) is 0. The lowest BCUT2D eigenvalue weighted by atomic mass is 10.1. The minimum Gasteiger partial charge on any atom is -0.368 e. The van der Waals surface area contributed by atoms with E-state index in [1.54, 1.807) is 0 Å². The molecule has 0 saturated heterocycles. The van der Waals surface area contributed by atoms with Crippen molar-refractivity contribution in [2.24, 2.45) is 5.73 Å². The minimum atomic E-state index is -0.599. The highest BCUT2D eigenvalue weighted by atomic mass is 16.1. The monoisotopic (exact) mass is 319 g/mol. The maximum Gasteiger partial charge on any atom is 0.240 e. The van der Waals surface area contributed by atoms with Gasteiger partial charge in [0, 0.05) is 12.0 Å². The number of nitrogens with two attached hydrogens (primary N) is 1. The van der Waals surface area contributed by atoms with E-state index in [-0.39, 0.29) is 0 Å². The Bertz CT molecular complexity index is 808. The second-order valence-corrected chi connectivity index (χ2v) is 5.29. The highest BCUT2D eigenvalue weighted by molar-refractivity contribution is 5.82. The number of nitrogens with one attached hydrogen (secondary N) is 1. The second kappa shape index (κ2) is 7.32. The third-order valence-corrected chi connectivity index (χ3v) is 3.53. The van der Waals surface area contributed by atoms with E-state index in [0.717, 1.165) is 11.1 Å². The van der Waals surface area contributed by atoms with E-state index in [9.17, 15) is 4.79 Å². The van der Waals surface area contributed by atoms with Crippen molar-refractivity contribution in [2.75, 3.05) is 5.32 Å². The quantitative estimate of drug-likeness (QED) is 0.725. The van der Waals surface area contributed by atoms with Crippen molar-refractivity contribution < 1.29 is 4.79 Å². The summed E-state index contributed by atoms with van der Waals surface area (Å²) in [6.45, 7) is 0. The molecule has 1 unspecified atom stereocenters. The van der Waals surface area contributed by atoms with Crippen molar-refractivity contribution in [1.82, 2.24) is 15.0 Å². The van der Waals surface area contributed by atoms with Crippen LogP contribution in [0.15, 0.2) is 67.0 Å². The van der Waals surface area contributed by atoms with Gasteiger partial charge in [0.15, 0.2) is 5.82 Å². The molecule has 1 atom stereocenters. The number of rotatable bonds is 6. The Kier molecular flexibility index (Phi) is 4.76. The van der Waals surface area contributed by atoms with Crippen LogP contribution in [-0.4, -0.2) is 26.9 Å². The Labute approximate surface area is 139 Å². The van der Waals surface area contributed by atoms with Crippen molar-refractivity contribution in [3.63, 3.8) is 0 Å². The summed E-state index contributed by atoms with van der Waals surface area (Å²) >= 11 is 0. The summed E-state index contributed by atoms with van der Waals surface area (Å²) < 4.78 is 0. The molecule has 0 spiro atoms. The molecule has 1 amide bonds. The van der Waals surface area contributed by atoms with Crippen LogP contribution in [0.5, 0.6) is 0 Å². The Hall–Kier alpha value is -3.28. The maximum absolute atomic E-state index is 11.8. The van der Waals surface area contributed by atoms with Crippen LogP contribution in [0, 0.1) is 0 Å². The molecule has 120 valence electrons. The molecule has 3 aromatic rings. The van der Waals surface area contributed by atoms with Crippen molar-refractivity contribution in [2.45, 2.75) is 12.5 Å². The third kappa shape index (κ3) is 3.92. The number of hydrogen-bond acceptors (Lipinski definition) is 5. The van der Waals surface area contributed by atoms with Gasteiger partial charge < -0.3 is 11.1 Å². The van der Waals surface area contributed by atoms with Gasteiger partial charge in [0.05, 0.1) is 0 Å². The Balaban J connectivity index is 1.79. The molecule has 1 aromatic heterocycles. The summed E-state index contributed by atoms with van der Waals surface area (Å²) in [5, 5.41) is 3.00. The van der Waals surface area contributed by atoms with Gasteiger partial charge in [-0.1, -0.05) is 60.7 Å². The molecule has 0 aliphatic carbocycles. The molecular weight excluding hydrogens is 302 g/mol. The van der Waals surface area contributed by atoms with E-state index in [1.165, 1.54) is 6.33 Å². The first-order chi connectivity index (χ1) is 11.7. The summed E-state index contributed by atoms with van der Waals surface area (Å²) in [6.07, 6.45) is 1.88. The molecule has 0 aliphatic rings. The van der Waals surface area contributed by atoms with Crippen molar-refractivity contribution in [3.05, 3.63) is 72.6 Å². The van der Waals surface area contributed by atoms with Gasteiger partial charge in [-0.15, -0.1) is 0 Å². The van der Waals surface area contributed by atoms with E-state index in [1.807, 2.05) is 60.7 Å². The molecule has 3 rings (SSSR count). The van der Waals surface area contributed by atoms with Crippen LogP contribution >= 0.6 is 0 Å². The van der Waals surface area contributed by atoms with Gasteiger partial charge in [-0.25, -0.2) is 9.97 Å². The van der Waals surface area contributed by atoms with Crippen LogP contribution in [0.2, 0.25) is 0 Å².